The van der Waals surface area contributed by atoms with Crippen molar-refractivity contribution in [2.75, 3.05) is 0 Å². The SMILES string of the molecule is Fc1ccc(CNC2CC2)cc1-c1ccc(Br)c(Cl)c1F. The zero-order valence-corrected chi connectivity index (χ0v) is 13.4. The Hall–Kier alpha value is -0.970. The first-order chi connectivity index (χ1) is 10.1. The normalized spacial score (nSPS) is 14.5. The molecule has 1 saturated carbocycles. The van der Waals surface area contributed by atoms with Gasteiger partial charge in [0.25, 0.3) is 0 Å². The monoisotopic (exact) mass is 371 g/mol. The summed E-state index contributed by atoms with van der Waals surface area (Å²) in [5.74, 6) is -1.07. The molecule has 0 spiro atoms. The van der Waals surface area contributed by atoms with E-state index in [4.69, 9.17) is 11.6 Å². The highest BCUT2D eigenvalue weighted by atomic mass is 79.9. The molecule has 110 valence electrons. The predicted octanol–water partition coefficient (Wildman–Crippen LogP) is 5.30. The van der Waals surface area contributed by atoms with Gasteiger partial charge >= 0.3 is 0 Å². The van der Waals surface area contributed by atoms with Gasteiger partial charge in [0.1, 0.15) is 5.82 Å². The van der Waals surface area contributed by atoms with Crippen LogP contribution in [0.15, 0.2) is 34.8 Å². The summed E-state index contributed by atoms with van der Waals surface area (Å²) in [6.45, 7) is 0.657. The molecule has 0 amide bonds. The first kappa shape index (κ1) is 14.9. The maximum absolute atomic E-state index is 14.2. The van der Waals surface area contributed by atoms with E-state index in [1.54, 1.807) is 18.2 Å². The highest BCUT2D eigenvalue weighted by Crippen LogP contribution is 2.34. The smallest absolute Gasteiger partial charge is 0.150 e. The van der Waals surface area contributed by atoms with Gasteiger partial charge in [-0.2, -0.15) is 0 Å². The molecule has 1 aliphatic carbocycles. The van der Waals surface area contributed by atoms with Crippen molar-refractivity contribution in [3.05, 3.63) is 57.0 Å². The van der Waals surface area contributed by atoms with Gasteiger partial charge in [-0.25, -0.2) is 8.78 Å². The van der Waals surface area contributed by atoms with Crippen LogP contribution in [-0.2, 0) is 6.54 Å². The Morgan fingerprint density at radius 1 is 1.14 bits per heavy atom. The Balaban J connectivity index is 1.96. The van der Waals surface area contributed by atoms with E-state index in [9.17, 15) is 8.78 Å². The molecule has 1 aliphatic rings. The number of hydrogen-bond acceptors (Lipinski definition) is 1. The quantitative estimate of drug-likeness (QED) is 0.718. The van der Waals surface area contributed by atoms with E-state index < -0.39 is 11.6 Å². The molecule has 0 aliphatic heterocycles. The largest absolute Gasteiger partial charge is 0.310 e. The molecule has 0 saturated heterocycles. The van der Waals surface area contributed by atoms with Crippen LogP contribution in [0.4, 0.5) is 8.78 Å². The summed E-state index contributed by atoms with van der Waals surface area (Å²) < 4.78 is 28.7. The Morgan fingerprint density at radius 3 is 2.62 bits per heavy atom. The Kier molecular flexibility index (Phi) is 4.29. The topological polar surface area (TPSA) is 12.0 Å². The second-order valence-corrected chi connectivity index (χ2v) is 6.42. The summed E-state index contributed by atoms with van der Waals surface area (Å²) in [4.78, 5) is 0. The van der Waals surface area contributed by atoms with Gasteiger partial charge in [0, 0.05) is 28.2 Å². The molecule has 5 heteroatoms. The van der Waals surface area contributed by atoms with Gasteiger partial charge < -0.3 is 5.32 Å². The van der Waals surface area contributed by atoms with Crippen molar-refractivity contribution in [2.45, 2.75) is 25.4 Å². The summed E-state index contributed by atoms with van der Waals surface area (Å²) in [6.07, 6.45) is 2.37. The minimum atomic E-state index is -0.614. The van der Waals surface area contributed by atoms with Gasteiger partial charge in [-0.15, -0.1) is 0 Å². The fraction of sp³-hybridized carbons (Fsp3) is 0.250. The van der Waals surface area contributed by atoms with Gasteiger partial charge in [-0.05, 0) is 52.5 Å². The van der Waals surface area contributed by atoms with E-state index in [0.717, 1.165) is 5.56 Å². The third-order valence-electron chi connectivity index (χ3n) is 3.53. The molecule has 0 atom stereocenters. The summed E-state index contributed by atoms with van der Waals surface area (Å²) in [7, 11) is 0. The Morgan fingerprint density at radius 2 is 1.90 bits per heavy atom. The molecule has 21 heavy (non-hydrogen) atoms. The fourth-order valence-electron chi connectivity index (χ4n) is 2.17. The van der Waals surface area contributed by atoms with Crippen molar-refractivity contribution in [2.24, 2.45) is 0 Å². The lowest BCUT2D eigenvalue weighted by Gasteiger charge is -2.10. The molecule has 0 unspecified atom stereocenters. The minimum absolute atomic E-state index is 0.0339. The molecule has 2 aromatic carbocycles. The first-order valence-electron chi connectivity index (χ1n) is 6.72. The van der Waals surface area contributed by atoms with Crippen molar-refractivity contribution in [1.82, 2.24) is 5.32 Å². The Labute approximate surface area is 135 Å². The summed E-state index contributed by atoms with van der Waals surface area (Å²) in [6, 6.07) is 8.48. The van der Waals surface area contributed by atoms with Crippen LogP contribution < -0.4 is 5.32 Å². The maximum atomic E-state index is 14.2. The number of benzene rings is 2. The average Bonchev–Trinajstić information content (AvgIpc) is 3.29. The van der Waals surface area contributed by atoms with Crippen molar-refractivity contribution in [3.8, 4) is 11.1 Å². The molecule has 1 N–H and O–H groups in total. The third-order valence-corrected chi connectivity index (χ3v) is 4.79. The van der Waals surface area contributed by atoms with Crippen molar-refractivity contribution < 1.29 is 8.78 Å². The first-order valence-corrected chi connectivity index (χ1v) is 7.89. The van der Waals surface area contributed by atoms with Gasteiger partial charge in [0.15, 0.2) is 5.82 Å². The zero-order chi connectivity index (χ0) is 15.0. The van der Waals surface area contributed by atoms with E-state index in [0.29, 0.717) is 17.1 Å². The second kappa shape index (κ2) is 6.03. The number of rotatable bonds is 4. The van der Waals surface area contributed by atoms with Gasteiger partial charge in [-0.1, -0.05) is 23.7 Å². The van der Waals surface area contributed by atoms with Crippen molar-refractivity contribution >= 4 is 27.5 Å². The molecule has 2 aromatic rings. The predicted molar refractivity (Wildman–Crippen MR) is 84.4 cm³/mol. The number of halogens is 4. The lowest BCUT2D eigenvalue weighted by atomic mass is 10.0. The summed E-state index contributed by atoms with van der Waals surface area (Å²) in [5, 5.41) is 3.32. The average molecular weight is 373 g/mol. The zero-order valence-electron chi connectivity index (χ0n) is 11.1. The van der Waals surface area contributed by atoms with Gasteiger partial charge in [-0.3, -0.25) is 0 Å². The lowest BCUT2D eigenvalue weighted by molar-refractivity contribution is 0.614. The molecule has 0 heterocycles. The van der Waals surface area contributed by atoms with Crippen LogP contribution >= 0.6 is 27.5 Å². The maximum Gasteiger partial charge on any atom is 0.150 e. The van der Waals surface area contributed by atoms with E-state index in [-0.39, 0.29) is 16.1 Å². The second-order valence-electron chi connectivity index (χ2n) is 5.19. The molecule has 0 bridgehead atoms. The van der Waals surface area contributed by atoms with Gasteiger partial charge in [0.05, 0.1) is 5.02 Å². The number of hydrogen-bond donors (Lipinski definition) is 1. The van der Waals surface area contributed by atoms with Crippen LogP contribution in [0.3, 0.4) is 0 Å². The van der Waals surface area contributed by atoms with Crippen LogP contribution in [0.2, 0.25) is 5.02 Å². The van der Waals surface area contributed by atoms with Crippen molar-refractivity contribution in [3.63, 3.8) is 0 Å². The van der Waals surface area contributed by atoms with Crippen LogP contribution in [0.5, 0.6) is 0 Å². The van der Waals surface area contributed by atoms with E-state index in [1.807, 2.05) is 0 Å². The molecule has 1 nitrogen and oxygen atoms in total. The Bertz CT molecular complexity index is 686. The van der Waals surface area contributed by atoms with Crippen LogP contribution in [-0.4, -0.2) is 6.04 Å². The fourth-order valence-corrected chi connectivity index (χ4v) is 2.64. The molecule has 0 aromatic heterocycles. The van der Waals surface area contributed by atoms with E-state index in [2.05, 4.69) is 21.2 Å². The highest BCUT2D eigenvalue weighted by molar-refractivity contribution is 9.10. The molecule has 0 radical (unpaired) electrons. The standard InChI is InChI=1S/C16H13BrClF2N/c17-13-5-4-11(16(20)15(13)18)12-7-9(1-6-14(12)19)8-21-10-2-3-10/h1,4-7,10,21H,2-3,8H2. The summed E-state index contributed by atoms with van der Waals surface area (Å²) in [5.41, 5.74) is 1.34. The van der Waals surface area contributed by atoms with E-state index in [1.165, 1.54) is 25.0 Å². The minimum Gasteiger partial charge on any atom is -0.310 e. The van der Waals surface area contributed by atoms with Crippen molar-refractivity contribution in [1.29, 1.82) is 0 Å². The van der Waals surface area contributed by atoms with Gasteiger partial charge in [0.2, 0.25) is 0 Å². The molecule has 1 fully saturated rings. The van der Waals surface area contributed by atoms with E-state index >= 15 is 0 Å². The molecular formula is C16H13BrClF2N. The van der Waals surface area contributed by atoms with Crippen LogP contribution in [0.25, 0.3) is 11.1 Å². The highest BCUT2D eigenvalue weighted by Gasteiger charge is 2.20. The third kappa shape index (κ3) is 3.28. The van der Waals surface area contributed by atoms with Crippen LogP contribution in [0.1, 0.15) is 18.4 Å². The molecular weight excluding hydrogens is 360 g/mol. The lowest BCUT2D eigenvalue weighted by Crippen LogP contribution is -2.15. The number of nitrogens with one attached hydrogen (secondary N) is 1. The summed E-state index contributed by atoms with van der Waals surface area (Å²) >= 11 is 9.04. The van der Waals surface area contributed by atoms with Crippen LogP contribution in [0, 0.1) is 11.6 Å². The molecule has 3 rings (SSSR count).